The van der Waals surface area contributed by atoms with Crippen molar-refractivity contribution in [2.45, 2.75) is 19.9 Å². The van der Waals surface area contributed by atoms with Crippen molar-refractivity contribution in [3.8, 4) is 11.8 Å². The molecule has 0 amide bonds. The van der Waals surface area contributed by atoms with Crippen LogP contribution in [0.5, 0.6) is 5.75 Å². The van der Waals surface area contributed by atoms with Crippen LogP contribution in [0.25, 0.3) is 0 Å². The van der Waals surface area contributed by atoms with Crippen LogP contribution in [0.15, 0.2) is 22.7 Å². The summed E-state index contributed by atoms with van der Waals surface area (Å²) in [6.07, 6.45) is 0.668. The van der Waals surface area contributed by atoms with E-state index in [1.165, 1.54) is 0 Å². The Balaban J connectivity index is 1.88. The molecule has 0 bridgehead atoms. The summed E-state index contributed by atoms with van der Waals surface area (Å²) in [5.74, 6) is 2.03. The summed E-state index contributed by atoms with van der Waals surface area (Å²) in [5.41, 5.74) is 1.57. The van der Waals surface area contributed by atoms with Gasteiger partial charge in [-0.1, -0.05) is 5.16 Å². The molecule has 0 aliphatic rings. The zero-order chi connectivity index (χ0) is 14.4. The topological polar surface area (TPSA) is 84.0 Å². The zero-order valence-corrected chi connectivity index (χ0v) is 11.5. The van der Waals surface area contributed by atoms with E-state index in [2.05, 4.69) is 21.5 Å². The number of hydrogen-bond donors (Lipinski definition) is 1. The Hall–Kier alpha value is -2.39. The molecule has 0 unspecified atom stereocenters. The fraction of sp³-hybridized carbons (Fsp3) is 0.357. The molecule has 0 atom stereocenters. The van der Waals surface area contributed by atoms with Crippen LogP contribution in [0.4, 0.5) is 0 Å². The van der Waals surface area contributed by atoms with Crippen molar-refractivity contribution in [3.05, 3.63) is 41.0 Å². The molecule has 2 rings (SSSR count). The molecule has 0 aliphatic carbocycles. The summed E-state index contributed by atoms with van der Waals surface area (Å²) in [4.78, 5) is 4.13. The first-order valence-electron chi connectivity index (χ1n) is 6.30. The van der Waals surface area contributed by atoms with Crippen molar-refractivity contribution in [1.29, 1.82) is 5.26 Å². The number of nitriles is 1. The Labute approximate surface area is 117 Å². The molecule has 1 heterocycles. The van der Waals surface area contributed by atoms with Gasteiger partial charge in [0.25, 0.3) is 0 Å². The van der Waals surface area contributed by atoms with Gasteiger partial charge in [0.15, 0.2) is 5.82 Å². The fourth-order valence-electron chi connectivity index (χ4n) is 1.85. The summed E-state index contributed by atoms with van der Waals surface area (Å²) >= 11 is 0. The Kier molecular flexibility index (Phi) is 4.69. The van der Waals surface area contributed by atoms with Crippen LogP contribution in [0.3, 0.4) is 0 Å². The summed E-state index contributed by atoms with van der Waals surface area (Å²) in [6, 6.07) is 7.49. The number of aryl methyl sites for hydroxylation is 1. The molecule has 0 aliphatic heterocycles. The fourth-order valence-corrected chi connectivity index (χ4v) is 1.85. The normalized spacial score (nSPS) is 10.2. The number of hydrogen-bond acceptors (Lipinski definition) is 6. The first kappa shape index (κ1) is 14.0. The standard InChI is InChI=1S/C14H16N4O2/c1-10-17-14(20-18-10)5-6-16-9-12-7-11(8-15)3-4-13(12)19-2/h3-4,7,16H,5-6,9H2,1-2H3. The van der Waals surface area contributed by atoms with E-state index >= 15 is 0 Å². The summed E-state index contributed by atoms with van der Waals surface area (Å²) < 4.78 is 10.3. The van der Waals surface area contributed by atoms with E-state index in [0.717, 1.165) is 11.3 Å². The van der Waals surface area contributed by atoms with Crippen LogP contribution < -0.4 is 10.1 Å². The zero-order valence-electron chi connectivity index (χ0n) is 11.5. The molecule has 0 saturated heterocycles. The number of aromatic nitrogens is 2. The maximum Gasteiger partial charge on any atom is 0.227 e. The Morgan fingerprint density at radius 1 is 1.45 bits per heavy atom. The molecule has 1 aromatic heterocycles. The number of nitrogens with zero attached hydrogens (tertiary/aromatic N) is 3. The number of benzene rings is 1. The highest BCUT2D eigenvalue weighted by atomic mass is 16.5. The lowest BCUT2D eigenvalue weighted by Gasteiger charge is -2.09. The second kappa shape index (κ2) is 6.68. The highest BCUT2D eigenvalue weighted by Crippen LogP contribution is 2.19. The molecule has 2 aromatic rings. The highest BCUT2D eigenvalue weighted by Gasteiger charge is 2.05. The van der Waals surface area contributed by atoms with Gasteiger partial charge in [-0.25, -0.2) is 0 Å². The summed E-state index contributed by atoms with van der Waals surface area (Å²) in [5, 5.41) is 15.9. The summed E-state index contributed by atoms with van der Waals surface area (Å²) in [6.45, 7) is 3.12. The van der Waals surface area contributed by atoms with Gasteiger partial charge in [-0.2, -0.15) is 10.2 Å². The average molecular weight is 272 g/mol. The first-order valence-corrected chi connectivity index (χ1v) is 6.30. The SMILES string of the molecule is COc1ccc(C#N)cc1CNCCc1nc(C)no1. The molecule has 0 radical (unpaired) electrons. The van der Waals surface area contributed by atoms with Crippen LogP contribution in [0, 0.1) is 18.3 Å². The molecule has 20 heavy (non-hydrogen) atoms. The monoisotopic (exact) mass is 272 g/mol. The predicted molar refractivity (Wildman–Crippen MR) is 72.2 cm³/mol. The molecule has 1 N–H and O–H groups in total. The van der Waals surface area contributed by atoms with E-state index < -0.39 is 0 Å². The smallest absolute Gasteiger partial charge is 0.227 e. The van der Waals surface area contributed by atoms with Gasteiger partial charge in [-0.15, -0.1) is 0 Å². The third-order valence-corrected chi connectivity index (χ3v) is 2.81. The van der Waals surface area contributed by atoms with E-state index in [9.17, 15) is 0 Å². The predicted octanol–water partition coefficient (Wildman–Crippen LogP) is 1.59. The molecule has 6 nitrogen and oxygen atoms in total. The lowest BCUT2D eigenvalue weighted by molar-refractivity contribution is 0.371. The van der Waals surface area contributed by atoms with Gasteiger partial charge in [0.05, 0.1) is 18.7 Å². The lowest BCUT2D eigenvalue weighted by Crippen LogP contribution is -2.17. The minimum atomic E-state index is 0.617. The van der Waals surface area contributed by atoms with Crippen LogP contribution in [-0.2, 0) is 13.0 Å². The summed E-state index contributed by atoms with van der Waals surface area (Å²) in [7, 11) is 1.62. The van der Waals surface area contributed by atoms with Gasteiger partial charge in [-0.3, -0.25) is 0 Å². The van der Waals surface area contributed by atoms with E-state index in [1.54, 1.807) is 26.2 Å². The molecular weight excluding hydrogens is 256 g/mol. The van der Waals surface area contributed by atoms with Gasteiger partial charge >= 0.3 is 0 Å². The first-order chi connectivity index (χ1) is 9.72. The lowest BCUT2D eigenvalue weighted by atomic mass is 10.1. The molecule has 1 aromatic carbocycles. The van der Waals surface area contributed by atoms with E-state index in [4.69, 9.17) is 14.5 Å². The Bertz CT molecular complexity index is 616. The molecule has 0 spiro atoms. The quantitative estimate of drug-likeness (QED) is 0.804. The van der Waals surface area contributed by atoms with Gasteiger partial charge in [0.2, 0.25) is 5.89 Å². The van der Waals surface area contributed by atoms with Crippen LogP contribution >= 0.6 is 0 Å². The van der Waals surface area contributed by atoms with E-state index in [0.29, 0.717) is 36.8 Å². The maximum atomic E-state index is 8.91. The number of rotatable bonds is 6. The number of ether oxygens (including phenoxy) is 1. The third-order valence-electron chi connectivity index (χ3n) is 2.81. The van der Waals surface area contributed by atoms with Crippen LogP contribution in [-0.4, -0.2) is 23.8 Å². The number of nitrogens with one attached hydrogen (secondary N) is 1. The maximum absolute atomic E-state index is 8.91. The highest BCUT2D eigenvalue weighted by molar-refractivity contribution is 5.41. The average Bonchev–Trinajstić information content (AvgIpc) is 2.89. The minimum absolute atomic E-state index is 0.617. The van der Waals surface area contributed by atoms with Crippen LogP contribution in [0.1, 0.15) is 22.8 Å². The molecule has 6 heteroatoms. The van der Waals surface area contributed by atoms with Crippen molar-refractivity contribution in [2.75, 3.05) is 13.7 Å². The van der Waals surface area contributed by atoms with Crippen molar-refractivity contribution in [1.82, 2.24) is 15.5 Å². The molecule has 0 fully saturated rings. The molecule has 104 valence electrons. The second-order valence-electron chi connectivity index (χ2n) is 4.30. The Morgan fingerprint density at radius 3 is 2.95 bits per heavy atom. The third kappa shape index (κ3) is 3.56. The van der Waals surface area contributed by atoms with Gasteiger partial charge in [0.1, 0.15) is 5.75 Å². The van der Waals surface area contributed by atoms with Gasteiger partial charge in [-0.05, 0) is 25.1 Å². The van der Waals surface area contributed by atoms with E-state index in [-0.39, 0.29) is 0 Å². The Morgan fingerprint density at radius 2 is 2.30 bits per heavy atom. The van der Waals surface area contributed by atoms with Crippen LogP contribution in [0.2, 0.25) is 0 Å². The second-order valence-corrected chi connectivity index (χ2v) is 4.30. The van der Waals surface area contributed by atoms with Crippen molar-refractivity contribution in [2.24, 2.45) is 0 Å². The van der Waals surface area contributed by atoms with Gasteiger partial charge < -0.3 is 14.6 Å². The molecular formula is C14H16N4O2. The van der Waals surface area contributed by atoms with Crippen molar-refractivity contribution in [3.63, 3.8) is 0 Å². The van der Waals surface area contributed by atoms with Crippen molar-refractivity contribution >= 4 is 0 Å². The van der Waals surface area contributed by atoms with Crippen molar-refractivity contribution < 1.29 is 9.26 Å². The largest absolute Gasteiger partial charge is 0.496 e. The van der Waals surface area contributed by atoms with Gasteiger partial charge in [0, 0.05) is 25.1 Å². The number of methoxy groups -OCH3 is 1. The molecule has 0 saturated carbocycles. The van der Waals surface area contributed by atoms with E-state index in [1.807, 2.05) is 6.07 Å². The minimum Gasteiger partial charge on any atom is -0.496 e.